The quantitative estimate of drug-likeness (QED) is 0.657. The van der Waals surface area contributed by atoms with Crippen LogP contribution < -0.4 is 10.6 Å². The molecular weight excluding hydrogens is 390 g/mol. The monoisotopic (exact) mass is 409 g/mol. The Morgan fingerprint density at radius 3 is 2.79 bits per heavy atom. The SMILES string of the molecule is Cc1csc(CCCCNC(=O)CNC(=O)c2cccc(Br)c2)n1. The lowest BCUT2D eigenvalue weighted by molar-refractivity contribution is -0.120. The number of rotatable bonds is 8. The van der Waals surface area contributed by atoms with Gasteiger partial charge in [-0.2, -0.15) is 0 Å². The zero-order chi connectivity index (χ0) is 17.4. The van der Waals surface area contributed by atoms with Gasteiger partial charge in [-0.3, -0.25) is 9.59 Å². The van der Waals surface area contributed by atoms with E-state index >= 15 is 0 Å². The average Bonchev–Trinajstić information content (AvgIpc) is 2.97. The van der Waals surface area contributed by atoms with Gasteiger partial charge in [0.1, 0.15) is 0 Å². The van der Waals surface area contributed by atoms with Crippen molar-refractivity contribution in [2.75, 3.05) is 13.1 Å². The maximum absolute atomic E-state index is 11.9. The number of hydrogen-bond donors (Lipinski definition) is 2. The van der Waals surface area contributed by atoms with Crippen LogP contribution in [-0.4, -0.2) is 29.9 Å². The Bertz CT molecular complexity index is 703. The molecule has 0 bridgehead atoms. The third-order valence-corrected chi connectivity index (χ3v) is 4.82. The van der Waals surface area contributed by atoms with Gasteiger partial charge in [-0.25, -0.2) is 4.98 Å². The number of benzene rings is 1. The number of carbonyl (C=O) groups is 2. The minimum absolute atomic E-state index is 0.0168. The molecule has 1 aromatic heterocycles. The predicted octanol–water partition coefficient (Wildman–Crippen LogP) is 3.08. The van der Waals surface area contributed by atoms with Crippen LogP contribution in [0.1, 0.15) is 33.9 Å². The summed E-state index contributed by atoms with van der Waals surface area (Å²) in [6.07, 6.45) is 2.82. The zero-order valence-electron chi connectivity index (χ0n) is 13.5. The summed E-state index contributed by atoms with van der Waals surface area (Å²) in [5.41, 5.74) is 1.58. The fraction of sp³-hybridized carbons (Fsp3) is 0.353. The maximum Gasteiger partial charge on any atom is 0.251 e. The van der Waals surface area contributed by atoms with E-state index in [4.69, 9.17) is 0 Å². The second kappa shape index (κ2) is 9.54. The first-order valence-corrected chi connectivity index (χ1v) is 9.43. The molecule has 0 fully saturated rings. The molecule has 0 radical (unpaired) electrons. The number of hydrogen-bond acceptors (Lipinski definition) is 4. The van der Waals surface area contributed by atoms with Crippen molar-refractivity contribution in [3.63, 3.8) is 0 Å². The van der Waals surface area contributed by atoms with Crippen molar-refractivity contribution in [2.45, 2.75) is 26.2 Å². The maximum atomic E-state index is 11.9. The molecule has 1 heterocycles. The smallest absolute Gasteiger partial charge is 0.251 e. The number of aryl methyl sites for hydroxylation is 2. The molecule has 2 N–H and O–H groups in total. The van der Waals surface area contributed by atoms with E-state index in [1.807, 2.05) is 18.4 Å². The van der Waals surface area contributed by atoms with Crippen molar-refractivity contribution in [1.82, 2.24) is 15.6 Å². The van der Waals surface area contributed by atoms with Gasteiger partial charge in [0.15, 0.2) is 0 Å². The van der Waals surface area contributed by atoms with Crippen LogP contribution in [0.2, 0.25) is 0 Å². The topological polar surface area (TPSA) is 71.1 Å². The molecule has 0 atom stereocenters. The molecule has 0 saturated heterocycles. The molecule has 0 unspecified atom stereocenters. The summed E-state index contributed by atoms with van der Waals surface area (Å²) < 4.78 is 0.829. The first-order chi connectivity index (χ1) is 11.5. The molecule has 2 aromatic rings. The van der Waals surface area contributed by atoms with Crippen LogP contribution in [-0.2, 0) is 11.2 Å². The third-order valence-electron chi connectivity index (χ3n) is 3.30. The van der Waals surface area contributed by atoms with Crippen molar-refractivity contribution in [3.05, 3.63) is 50.4 Å². The number of thiazole rings is 1. The van der Waals surface area contributed by atoms with Crippen molar-refractivity contribution in [3.8, 4) is 0 Å². The summed E-state index contributed by atoms with van der Waals surface area (Å²) in [5.74, 6) is -0.436. The summed E-state index contributed by atoms with van der Waals surface area (Å²) in [7, 11) is 0. The summed E-state index contributed by atoms with van der Waals surface area (Å²) in [6, 6.07) is 7.05. The van der Waals surface area contributed by atoms with Crippen LogP contribution in [0.4, 0.5) is 0 Å². The summed E-state index contributed by atoms with van der Waals surface area (Å²) in [4.78, 5) is 28.1. The van der Waals surface area contributed by atoms with Crippen LogP contribution in [0.5, 0.6) is 0 Å². The molecule has 128 valence electrons. The normalized spacial score (nSPS) is 10.4. The number of amides is 2. The first kappa shape index (κ1) is 18.6. The highest BCUT2D eigenvalue weighted by molar-refractivity contribution is 9.10. The van der Waals surface area contributed by atoms with Gasteiger partial charge in [0.25, 0.3) is 5.91 Å². The molecule has 0 saturated carbocycles. The van der Waals surface area contributed by atoms with E-state index < -0.39 is 0 Å². The Balaban J connectivity index is 1.58. The van der Waals surface area contributed by atoms with E-state index in [2.05, 4.69) is 31.5 Å². The minimum atomic E-state index is -0.259. The van der Waals surface area contributed by atoms with Crippen molar-refractivity contribution in [2.24, 2.45) is 0 Å². The third kappa shape index (κ3) is 6.41. The number of carbonyl (C=O) groups excluding carboxylic acids is 2. The van der Waals surface area contributed by atoms with E-state index in [1.165, 1.54) is 0 Å². The van der Waals surface area contributed by atoms with Crippen LogP contribution in [0.25, 0.3) is 0 Å². The van der Waals surface area contributed by atoms with Gasteiger partial charge in [0, 0.05) is 27.7 Å². The second-order valence-corrected chi connectivity index (χ2v) is 7.24. The standard InChI is InChI=1S/C17H20BrN3O2S/c1-12-11-24-16(21-12)7-2-3-8-19-15(22)10-20-17(23)13-5-4-6-14(18)9-13/h4-6,9,11H,2-3,7-8,10H2,1H3,(H,19,22)(H,20,23). The van der Waals surface area contributed by atoms with Gasteiger partial charge in [-0.05, 0) is 44.4 Å². The molecule has 7 heteroatoms. The molecule has 2 amide bonds. The Hall–Kier alpha value is -1.73. The predicted molar refractivity (Wildman–Crippen MR) is 99.3 cm³/mol. The molecule has 0 spiro atoms. The molecule has 0 aliphatic carbocycles. The molecule has 0 aliphatic rings. The Morgan fingerprint density at radius 2 is 2.08 bits per heavy atom. The van der Waals surface area contributed by atoms with E-state index in [0.29, 0.717) is 12.1 Å². The van der Waals surface area contributed by atoms with Gasteiger partial charge in [0.2, 0.25) is 5.91 Å². The Labute approximate surface area is 154 Å². The van der Waals surface area contributed by atoms with Gasteiger partial charge in [-0.1, -0.05) is 22.0 Å². The Kier molecular flexibility index (Phi) is 7.39. The van der Waals surface area contributed by atoms with Crippen LogP contribution in [0.3, 0.4) is 0 Å². The number of nitrogens with zero attached hydrogens (tertiary/aromatic N) is 1. The highest BCUT2D eigenvalue weighted by Crippen LogP contribution is 2.12. The first-order valence-electron chi connectivity index (χ1n) is 7.76. The zero-order valence-corrected chi connectivity index (χ0v) is 15.9. The van der Waals surface area contributed by atoms with Gasteiger partial charge < -0.3 is 10.6 Å². The molecule has 2 rings (SSSR count). The van der Waals surface area contributed by atoms with Gasteiger partial charge in [0.05, 0.1) is 11.6 Å². The number of nitrogens with one attached hydrogen (secondary N) is 2. The second-order valence-electron chi connectivity index (χ2n) is 5.38. The van der Waals surface area contributed by atoms with Crippen LogP contribution in [0, 0.1) is 6.92 Å². The Morgan fingerprint density at radius 1 is 1.25 bits per heavy atom. The summed E-state index contributed by atoms with van der Waals surface area (Å²) in [6.45, 7) is 2.58. The van der Waals surface area contributed by atoms with E-state index in [0.717, 1.165) is 34.4 Å². The molecule has 24 heavy (non-hydrogen) atoms. The van der Waals surface area contributed by atoms with E-state index in [-0.39, 0.29) is 18.4 Å². The van der Waals surface area contributed by atoms with Crippen molar-refractivity contribution < 1.29 is 9.59 Å². The van der Waals surface area contributed by atoms with Gasteiger partial charge >= 0.3 is 0 Å². The minimum Gasteiger partial charge on any atom is -0.355 e. The molecular formula is C17H20BrN3O2S. The van der Waals surface area contributed by atoms with Crippen molar-refractivity contribution in [1.29, 1.82) is 0 Å². The lowest BCUT2D eigenvalue weighted by atomic mass is 10.2. The fourth-order valence-corrected chi connectivity index (χ4v) is 3.32. The largest absolute Gasteiger partial charge is 0.355 e. The lowest BCUT2D eigenvalue weighted by Gasteiger charge is -2.07. The molecule has 1 aromatic carbocycles. The number of halogens is 1. The van der Waals surface area contributed by atoms with E-state index in [1.54, 1.807) is 29.5 Å². The van der Waals surface area contributed by atoms with Crippen molar-refractivity contribution >= 4 is 39.1 Å². The highest BCUT2D eigenvalue weighted by atomic mass is 79.9. The number of unbranched alkanes of at least 4 members (excludes halogenated alkanes) is 1. The summed E-state index contributed by atoms with van der Waals surface area (Å²) in [5, 5.41) is 8.61. The van der Waals surface area contributed by atoms with Crippen LogP contribution in [0.15, 0.2) is 34.1 Å². The lowest BCUT2D eigenvalue weighted by Crippen LogP contribution is -2.37. The molecule has 0 aliphatic heterocycles. The number of aromatic nitrogens is 1. The van der Waals surface area contributed by atoms with E-state index in [9.17, 15) is 9.59 Å². The average molecular weight is 410 g/mol. The highest BCUT2D eigenvalue weighted by Gasteiger charge is 2.08. The summed E-state index contributed by atoms with van der Waals surface area (Å²) >= 11 is 4.99. The van der Waals surface area contributed by atoms with Crippen LogP contribution >= 0.6 is 27.3 Å². The fourth-order valence-electron chi connectivity index (χ4n) is 2.10. The molecule has 5 nitrogen and oxygen atoms in total. The van der Waals surface area contributed by atoms with Gasteiger partial charge in [-0.15, -0.1) is 11.3 Å².